The maximum absolute atomic E-state index is 13.5. The molecule has 6 heteroatoms. The van der Waals surface area contributed by atoms with E-state index in [9.17, 15) is 8.42 Å². The molecule has 236 valence electrons. The number of unbranched alkanes of at least 4 members (excludes halogenated alkanes) is 1. The maximum Gasteiger partial charge on any atom is 0.178 e. The molecule has 0 radical (unpaired) electrons. The van der Waals surface area contributed by atoms with E-state index >= 15 is 0 Å². The molecule has 4 rings (SSSR count). The summed E-state index contributed by atoms with van der Waals surface area (Å²) in [6, 6.07) is 8.85. The highest BCUT2D eigenvalue weighted by Crippen LogP contribution is 2.43. The highest BCUT2D eigenvalue weighted by molar-refractivity contribution is 7.91. The van der Waals surface area contributed by atoms with Gasteiger partial charge in [-0.15, -0.1) is 0 Å². The lowest BCUT2D eigenvalue weighted by atomic mass is 9.81. The van der Waals surface area contributed by atoms with E-state index in [0.717, 1.165) is 50.5 Å². The largest absolute Gasteiger partial charge is 0.374 e. The van der Waals surface area contributed by atoms with Crippen molar-refractivity contribution in [3.63, 3.8) is 0 Å². The molecule has 0 amide bonds. The summed E-state index contributed by atoms with van der Waals surface area (Å²) < 4.78 is 46.9. The van der Waals surface area contributed by atoms with Gasteiger partial charge in [0.25, 0.3) is 0 Å². The number of hydrogen-bond donors (Lipinski definition) is 0. The van der Waals surface area contributed by atoms with Gasteiger partial charge in [-0.25, -0.2) is 8.42 Å². The Morgan fingerprint density at radius 1 is 0.929 bits per heavy atom. The normalized spacial score (nSPS) is 34.6. The van der Waals surface area contributed by atoms with E-state index in [1.165, 1.54) is 18.4 Å². The highest BCUT2D eigenvalue weighted by atomic mass is 32.2. The third-order valence-corrected chi connectivity index (χ3v) is 12.1. The Kier molecular flexibility index (Phi) is 11.9. The minimum absolute atomic E-state index is 0.0529. The lowest BCUT2D eigenvalue weighted by Crippen LogP contribution is -2.38. The molecule has 3 heterocycles. The summed E-state index contributed by atoms with van der Waals surface area (Å²) in [6.45, 7) is 19.9. The Morgan fingerprint density at radius 2 is 1.64 bits per heavy atom. The van der Waals surface area contributed by atoms with Crippen LogP contribution in [0, 0.1) is 23.7 Å². The molecular formula is C36H56O5S. The van der Waals surface area contributed by atoms with Gasteiger partial charge < -0.3 is 14.2 Å². The van der Waals surface area contributed by atoms with Gasteiger partial charge in [-0.05, 0) is 79.6 Å². The zero-order valence-electron chi connectivity index (χ0n) is 26.8. The summed E-state index contributed by atoms with van der Waals surface area (Å²) in [7, 11) is -3.44. The van der Waals surface area contributed by atoms with Crippen LogP contribution in [-0.2, 0) is 24.0 Å². The smallest absolute Gasteiger partial charge is 0.178 e. The molecule has 0 spiro atoms. The van der Waals surface area contributed by atoms with Crippen molar-refractivity contribution < 1.29 is 22.6 Å². The highest BCUT2D eigenvalue weighted by Gasteiger charge is 2.46. The molecule has 42 heavy (non-hydrogen) atoms. The van der Waals surface area contributed by atoms with Crippen LogP contribution in [0.2, 0.25) is 0 Å². The molecule has 3 saturated heterocycles. The van der Waals surface area contributed by atoms with E-state index in [-0.39, 0.29) is 48.1 Å². The topological polar surface area (TPSA) is 61.8 Å². The van der Waals surface area contributed by atoms with Crippen molar-refractivity contribution >= 4 is 9.84 Å². The fraction of sp³-hybridized carbons (Fsp3) is 0.722. The van der Waals surface area contributed by atoms with Crippen LogP contribution in [0.4, 0.5) is 0 Å². The number of ether oxygens (including phenoxy) is 3. The molecule has 1 aromatic carbocycles. The van der Waals surface area contributed by atoms with E-state index < -0.39 is 9.84 Å². The van der Waals surface area contributed by atoms with Crippen LogP contribution >= 0.6 is 0 Å². The fourth-order valence-electron chi connectivity index (χ4n) is 7.22. The first-order chi connectivity index (χ1) is 20.0. The number of benzene rings is 1. The van der Waals surface area contributed by atoms with Gasteiger partial charge in [0.05, 0.1) is 47.3 Å². The first-order valence-corrected chi connectivity index (χ1v) is 18.3. The predicted molar refractivity (Wildman–Crippen MR) is 171 cm³/mol. The van der Waals surface area contributed by atoms with Gasteiger partial charge in [-0.1, -0.05) is 85.2 Å². The number of sulfone groups is 1. The van der Waals surface area contributed by atoms with Gasteiger partial charge in [-0.3, -0.25) is 0 Å². The van der Waals surface area contributed by atoms with Gasteiger partial charge in [-0.2, -0.15) is 0 Å². The summed E-state index contributed by atoms with van der Waals surface area (Å²) in [4.78, 5) is 0.390. The molecule has 0 saturated carbocycles. The molecule has 3 aliphatic rings. The van der Waals surface area contributed by atoms with E-state index in [4.69, 9.17) is 14.2 Å². The van der Waals surface area contributed by atoms with Crippen molar-refractivity contribution in [2.45, 2.75) is 140 Å². The van der Waals surface area contributed by atoms with Crippen molar-refractivity contribution in [2.75, 3.05) is 5.75 Å². The summed E-state index contributed by atoms with van der Waals surface area (Å²) in [5.74, 6) is 1.03. The minimum Gasteiger partial charge on any atom is -0.374 e. The van der Waals surface area contributed by atoms with Crippen LogP contribution < -0.4 is 0 Å². The lowest BCUT2D eigenvalue weighted by molar-refractivity contribution is -0.0737. The van der Waals surface area contributed by atoms with Crippen molar-refractivity contribution in [1.82, 2.24) is 0 Å². The molecule has 0 N–H and O–H groups in total. The van der Waals surface area contributed by atoms with Gasteiger partial charge >= 0.3 is 0 Å². The van der Waals surface area contributed by atoms with Gasteiger partial charge in [0.1, 0.15) is 0 Å². The average Bonchev–Trinajstić information content (AvgIpc) is 3.46. The zero-order chi connectivity index (χ0) is 30.4. The molecule has 10 atom stereocenters. The standard InChI is InChI=1S/C36H56O5S/c1-8-10-14-29-21-26(5)33(39-29)18-17-30-20-25(4)27(6)35(40-30)22-36-32(28(7)34(41-36)19-24(3)9-2)23-42(37,38)31-15-12-11-13-16-31/h11-13,15-16,24-25,28-30,32-36H,5-6,8-10,14,17-23H2,1-4,7H3/t24-,25-,28-,29+,30+,32-,33?,34?,35?,36+/m1/s1. The summed E-state index contributed by atoms with van der Waals surface area (Å²) in [6.07, 6.45) is 10.3. The molecule has 3 aliphatic heterocycles. The van der Waals surface area contributed by atoms with E-state index in [2.05, 4.69) is 47.8 Å². The molecule has 3 fully saturated rings. The third kappa shape index (κ3) is 8.37. The summed E-state index contributed by atoms with van der Waals surface area (Å²) in [5, 5.41) is 0. The first kappa shape index (κ1) is 33.4. The van der Waals surface area contributed by atoms with Crippen LogP contribution in [0.3, 0.4) is 0 Å². The third-order valence-electron chi connectivity index (χ3n) is 10.3. The Bertz CT molecular complexity index is 1130. The van der Waals surface area contributed by atoms with Crippen LogP contribution in [0.1, 0.15) is 98.8 Å². The van der Waals surface area contributed by atoms with E-state index in [1.54, 1.807) is 24.3 Å². The Labute approximate surface area is 256 Å². The molecule has 0 aromatic heterocycles. The van der Waals surface area contributed by atoms with Crippen LogP contribution in [0.15, 0.2) is 59.5 Å². The molecular weight excluding hydrogens is 544 g/mol. The van der Waals surface area contributed by atoms with Gasteiger partial charge in [0.2, 0.25) is 0 Å². The molecule has 3 unspecified atom stereocenters. The molecule has 1 aromatic rings. The van der Waals surface area contributed by atoms with E-state index in [1.807, 2.05) is 6.07 Å². The van der Waals surface area contributed by atoms with Crippen LogP contribution in [-0.4, -0.2) is 50.8 Å². The SMILES string of the molecule is C=C1C[C@H](CCCC)OC1CC[C@H]1C[C@@H](C)C(=C)C(C[C@@H]2OC(C[C@H](C)CC)[C@H](C)[C@H]2CS(=O)(=O)c2ccccc2)O1. The fourth-order valence-corrected chi connectivity index (χ4v) is 9.01. The molecule has 5 nitrogen and oxygen atoms in total. The van der Waals surface area contributed by atoms with E-state index in [0.29, 0.717) is 29.3 Å². The second-order valence-corrected chi connectivity index (χ2v) is 15.6. The Hall–Kier alpha value is -1.47. The maximum atomic E-state index is 13.5. The second kappa shape index (κ2) is 15.0. The summed E-state index contributed by atoms with van der Waals surface area (Å²) in [5.41, 5.74) is 2.34. The quantitative estimate of drug-likeness (QED) is 0.201. The van der Waals surface area contributed by atoms with Gasteiger partial charge in [0.15, 0.2) is 9.84 Å². The van der Waals surface area contributed by atoms with Crippen molar-refractivity contribution in [1.29, 1.82) is 0 Å². The first-order valence-electron chi connectivity index (χ1n) is 16.6. The van der Waals surface area contributed by atoms with Crippen molar-refractivity contribution in [3.05, 3.63) is 54.6 Å². The van der Waals surface area contributed by atoms with Gasteiger partial charge in [0, 0.05) is 12.3 Å². The monoisotopic (exact) mass is 600 g/mol. The average molecular weight is 601 g/mol. The zero-order valence-corrected chi connectivity index (χ0v) is 27.6. The minimum atomic E-state index is -3.44. The predicted octanol–water partition coefficient (Wildman–Crippen LogP) is 8.34. The number of hydrogen-bond acceptors (Lipinski definition) is 5. The summed E-state index contributed by atoms with van der Waals surface area (Å²) >= 11 is 0. The Balaban J connectivity index is 1.43. The van der Waals surface area contributed by atoms with Crippen molar-refractivity contribution in [3.8, 4) is 0 Å². The van der Waals surface area contributed by atoms with Crippen molar-refractivity contribution in [2.24, 2.45) is 23.7 Å². The van der Waals surface area contributed by atoms with Crippen LogP contribution in [0.5, 0.6) is 0 Å². The second-order valence-electron chi connectivity index (χ2n) is 13.6. The van der Waals surface area contributed by atoms with Crippen LogP contribution in [0.25, 0.3) is 0 Å². The lowest BCUT2D eigenvalue weighted by Gasteiger charge is -2.38. The number of rotatable bonds is 14. The Morgan fingerprint density at radius 3 is 2.33 bits per heavy atom. The molecule has 0 aliphatic carbocycles. The molecule has 0 bridgehead atoms.